The number of anilines is 1. The van der Waals surface area contributed by atoms with Gasteiger partial charge in [-0.15, -0.1) is 0 Å². The van der Waals surface area contributed by atoms with Crippen LogP contribution in [0.4, 0.5) is 10.5 Å². The molecule has 0 radical (unpaired) electrons. The molecule has 4 amide bonds. The summed E-state index contributed by atoms with van der Waals surface area (Å²) in [6.07, 6.45) is 1.40. The van der Waals surface area contributed by atoms with Crippen LogP contribution in [0.25, 0.3) is 6.08 Å². The van der Waals surface area contributed by atoms with Gasteiger partial charge < -0.3 is 4.74 Å². The number of nitrogens with zero attached hydrogens (tertiary/aromatic N) is 1. The van der Waals surface area contributed by atoms with Gasteiger partial charge in [-0.2, -0.15) is 0 Å². The van der Waals surface area contributed by atoms with Crippen LogP contribution < -0.4 is 15.0 Å². The van der Waals surface area contributed by atoms with E-state index in [1.54, 1.807) is 30.3 Å². The van der Waals surface area contributed by atoms with Crippen molar-refractivity contribution in [1.29, 1.82) is 0 Å². The fourth-order valence-electron chi connectivity index (χ4n) is 3.34. The third kappa shape index (κ3) is 5.24. The smallest absolute Gasteiger partial charge is 0.335 e. The van der Waals surface area contributed by atoms with Crippen molar-refractivity contribution in [3.8, 4) is 5.75 Å². The van der Waals surface area contributed by atoms with Gasteiger partial charge in [0.2, 0.25) is 0 Å². The molecule has 6 nitrogen and oxygen atoms in total. The minimum atomic E-state index is -0.847. The van der Waals surface area contributed by atoms with E-state index in [2.05, 4.69) is 37.2 Å². The van der Waals surface area contributed by atoms with E-state index in [0.717, 1.165) is 16.0 Å². The number of urea groups is 1. The molecule has 0 saturated carbocycles. The van der Waals surface area contributed by atoms with Crippen molar-refractivity contribution in [1.82, 2.24) is 5.32 Å². The maximum Gasteiger partial charge on any atom is 0.335 e. The molecule has 1 N–H and O–H groups in total. The Balaban J connectivity index is 1.71. The zero-order chi connectivity index (χ0) is 24.4. The topological polar surface area (TPSA) is 75.7 Å². The average molecular weight is 605 g/mol. The lowest BCUT2D eigenvalue weighted by Gasteiger charge is -2.26. The first-order chi connectivity index (χ1) is 16.2. The van der Waals surface area contributed by atoms with Gasteiger partial charge in [-0.3, -0.25) is 14.9 Å². The monoisotopic (exact) mass is 602 g/mol. The Hall–Kier alpha value is -2.94. The van der Waals surface area contributed by atoms with Crippen LogP contribution in [0.5, 0.6) is 5.75 Å². The molecule has 9 heteroatoms. The predicted octanol–water partition coefficient (Wildman–Crippen LogP) is 6.42. The molecule has 4 rings (SSSR count). The molecular formula is C25H17Br2ClN2O4. The van der Waals surface area contributed by atoms with E-state index in [1.807, 2.05) is 31.2 Å². The van der Waals surface area contributed by atoms with Crippen LogP contribution in [-0.2, 0) is 16.2 Å². The van der Waals surface area contributed by atoms with E-state index < -0.39 is 17.8 Å². The number of ether oxygens (including phenoxy) is 1. The summed E-state index contributed by atoms with van der Waals surface area (Å²) in [7, 11) is 0. The highest BCUT2D eigenvalue weighted by molar-refractivity contribution is 9.11. The van der Waals surface area contributed by atoms with Crippen LogP contribution >= 0.6 is 43.5 Å². The largest absolute Gasteiger partial charge is 0.487 e. The summed E-state index contributed by atoms with van der Waals surface area (Å²) in [5.41, 5.74) is 2.61. The highest BCUT2D eigenvalue weighted by Gasteiger charge is 2.37. The van der Waals surface area contributed by atoms with E-state index in [9.17, 15) is 14.4 Å². The lowest BCUT2D eigenvalue weighted by Crippen LogP contribution is -2.54. The van der Waals surface area contributed by atoms with E-state index in [-0.39, 0.29) is 17.9 Å². The maximum absolute atomic E-state index is 13.2. The van der Waals surface area contributed by atoms with Gasteiger partial charge in [0.05, 0.1) is 10.2 Å². The zero-order valence-electron chi connectivity index (χ0n) is 17.8. The van der Waals surface area contributed by atoms with Gasteiger partial charge >= 0.3 is 6.03 Å². The van der Waals surface area contributed by atoms with Crippen molar-refractivity contribution in [2.24, 2.45) is 0 Å². The molecule has 0 unspecified atom stereocenters. The number of halogens is 3. The Bertz CT molecular complexity index is 1340. The minimum Gasteiger partial charge on any atom is -0.487 e. The van der Waals surface area contributed by atoms with Crippen LogP contribution in [-0.4, -0.2) is 17.8 Å². The number of hydrogen-bond donors (Lipinski definition) is 1. The quantitative estimate of drug-likeness (QED) is 0.270. The minimum absolute atomic E-state index is 0.218. The maximum atomic E-state index is 13.2. The molecule has 1 aliphatic rings. The second-order valence-corrected chi connectivity index (χ2v) is 9.72. The van der Waals surface area contributed by atoms with Crippen LogP contribution in [0.3, 0.4) is 0 Å². The van der Waals surface area contributed by atoms with Crippen LogP contribution in [0, 0.1) is 6.92 Å². The van der Waals surface area contributed by atoms with Crippen molar-refractivity contribution in [3.63, 3.8) is 0 Å². The summed E-state index contributed by atoms with van der Waals surface area (Å²) in [4.78, 5) is 39.2. The first-order valence-corrected chi connectivity index (χ1v) is 12.0. The van der Waals surface area contributed by atoms with Crippen molar-refractivity contribution in [3.05, 3.63) is 96.9 Å². The van der Waals surface area contributed by atoms with Crippen LogP contribution in [0.15, 0.2) is 75.2 Å². The van der Waals surface area contributed by atoms with Crippen molar-refractivity contribution in [2.75, 3.05) is 4.90 Å². The second-order valence-electron chi connectivity index (χ2n) is 7.52. The summed E-state index contributed by atoms with van der Waals surface area (Å²) in [6.45, 7) is 2.29. The Morgan fingerprint density at radius 3 is 2.47 bits per heavy atom. The predicted molar refractivity (Wildman–Crippen MR) is 138 cm³/mol. The van der Waals surface area contributed by atoms with Crippen LogP contribution in [0.1, 0.15) is 16.7 Å². The number of rotatable bonds is 5. The summed E-state index contributed by atoms with van der Waals surface area (Å²) in [5.74, 6) is -1.12. The summed E-state index contributed by atoms with van der Waals surface area (Å²) in [6, 6.07) is 16.9. The number of carbonyl (C=O) groups is 3. The van der Waals surface area contributed by atoms with Crippen molar-refractivity contribution >= 4 is 73.1 Å². The summed E-state index contributed by atoms with van der Waals surface area (Å²) >= 11 is 13.0. The fraction of sp³-hybridized carbons (Fsp3) is 0.0800. The molecule has 0 aliphatic carbocycles. The van der Waals surface area contributed by atoms with Gasteiger partial charge in [0.25, 0.3) is 11.8 Å². The lowest BCUT2D eigenvalue weighted by molar-refractivity contribution is -0.122. The molecule has 3 aromatic carbocycles. The molecule has 1 fully saturated rings. The number of carbonyl (C=O) groups excluding carboxylic acids is 3. The number of barbiturate groups is 1. The van der Waals surface area contributed by atoms with Gasteiger partial charge in [-0.05, 0) is 64.8 Å². The summed E-state index contributed by atoms with van der Waals surface area (Å²) < 4.78 is 7.40. The third-order valence-electron chi connectivity index (χ3n) is 5.01. The molecule has 34 heavy (non-hydrogen) atoms. The molecule has 3 aromatic rings. The second kappa shape index (κ2) is 10.1. The van der Waals surface area contributed by atoms with Gasteiger partial charge in [0.15, 0.2) is 0 Å². The van der Waals surface area contributed by atoms with Crippen LogP contribution in [0.2, 0.25) is 5.02 Å². The first-order valence-electron chi connectivity index (χ1n) is 10.1. The van der Waals surface area contributed by atoms with E-state index in [0.29, 0.717) is 25.3 Å². The molecular weight excluding hydrogens is 588 g/mol. The standard InChI is InChI=1S/C25H17Br2ClN2O4/c1-14-5-7-15(8-6-14)13-34-22-16(9-17(26)11-21(22)27)10-20-23(31)29-25(33)30(24(20)32)19-4-2-3-18(28)12-19/h2-12H,13H2,1H3,(H,29,31,33)/b20-10+. The molecule has 0 spiro atoms. The van der Waals surface area contributed by atoms with Crippen molar-refractivity contribution in [2.45, 2.75) is 13.5 Å². The number of hydrogen-bond acceptors (Lipinski definition) is 4. The van der Waals surface area contributed by atoms with E-state index >= 15 is 0 Å². The Kier molecular flexibility index (Phi) is 7.21. The third-order valence-corrected chi connectivity index (χ3v) is 6.29. The Morgan fingerprint density at radius 2 is 1.76 bits per heavy atom. The molecule has 1 aliphatic heterocycles. The first kappa shape index (κ1) is 24.2. The molecule has 172 valence electrons. The number of amides is 4. The van der Waals surface area contributed by atoms with E-state index in [1.165, 1.54) is 12.1 Å². The fourth-order valence-corrected chi connectivity index (χ4v) is 4.90. The molecule has 1 heterocycles. The Labute approximate surface area is 217 Å². The number of nitrogens with one attached hydrogen (secondary N) is 1. The van der Waals surface area contributed by atoms with Gasteiger partial charge in [-0.25, -0.2) is 9.69 Å². The van der Waals surface area contributed by atoms with Crippen molar-refractivity contribution < 1.29 is 19.1 Å². The average Bonchev–Trinajstić information content (AvgIpc) is 2.77. The number of imide groups is 2. The summed E-state index contributed by atoms with van der Waals surface area (Å²) in [5, 5.41) is 2.56. The van der Waals surface area contributed by atoms with Gasteiger partial charge in [-0.1, -0.05) is 63.4 Å². The Morgan fingerprint density at radius 1 is 1.03 bits per heavy atom. The number of benzene rings is 3. The lowest BCUT2D eigenvalue weighted by atomic mass is 10.1. The van der Waals surface area contributed by atoms with Gasteiger partial charge in [0.1, 0.15) is 17.9 Å². The molecule has 0 atom stereocenters. The molecule has 0 aromatic heterocycles. The normalized spacial score (nSPS) is 15.0. The molecule has 1 saturated heterocycles. The van der Waals surface area contributed by atoms with Gasteiger partial charge in [0, 0.05) is 15.1 Å². The highest BCUT2D eigenvalue weighted by atomic mass is 79.9. The van der Waals surface area contributed by atoms with E-state index in [4.69, 9.17) is 16.3 Å². The number of aryl methyl sites for hydroxylation is 1. The zero-order valence-corrected chi connectivity index (χ0v) is 21.7. The SMILES string of the molecule is Cc1ccc(COc2c(Br)cc(Br)cc2/C=C2\C(=O)NC(=O)N(c3cccc(Cl)c3)C2=O)cc1. The highest BCUT2D eigenvalue weighted by Crippen LogP contribution is 2.36. The molecule has 0 bridgehead atoms.